The molecule has 0 spiro atoms. The molecule has 1 aromatic heterocycles. The predicted octanol–water partition coefficient (Wildman–Crippen LogP) is 4.16. The summed E-state index contributed by atoms with van der Waals surface area (Å²) in [5.74, 6) is 0.877. The van der Waals surface area contributed by atoms with Gasteiger partial charge in [0.1, 0.15) is 5.01 Å². The lowest BCUT2D eigenvalue weighted by molar-refractivity contribution is 0.369. The Kier molecular flexibility index (Phi) is 4.44. The van der Waals surface area contributed by atoms with Crippen LogP contribution < -0.4 is 5.73 Å². The Bertz CT molecular complexity index is 399. The van der Waals surface area contributed by atoms with Gasteiger partial charge in [-0.25, -0.2) is 4.98 Å². The van der Waals surface area contributed by atoms with Crippen molar-refractivity contribution in [3.63, 3.8) is 0 Å². The monoisotopic (exact) mass is 266 g/mol. The summed E-state index contributed by atoms with van der Waals surface area (Å²) in [6.07, 6.45) is 8.42. The van der Waals surface area contributed by atoms with Crippen LogP contribution in [0.5, 0.6) is 0 Å². The van der Waals surface area contributed by atoms with Gasteiger partial charge < -0.3 is 5.73 Å². The highest BCUT2D eigenvalue weighted by atomic mass is 32.1. The number of rotatable bonds is 3. The standard InChI is InChI=1S/C15H26N2S/c1-4-12-7-6-9-15(16,10-8-12)14-17-13(5-2)11(3)18-14/h12H,4-10,16H2,1-3H3. The Morgan fingerprint density at radius 2 is 2.11 bits per heavy atom. The van der Waals surface area contributed by atoms with E-state index in [-0.39, 0.29) is 5.54 Å². The van der Waals surface area contributed by atoms with E-state index in [2.05, 4.69) is 20.8 Å². The van der Waals surface area contributed by atoms with E-state index >= 15 is 0 Å². The van der Waals surface area contributed by atoms with Crippen LogP contribution in [0.2, 0.25) is 0 Å². The maximum Gasteiger partial charge on any atom is 0.113 e. The van der Waals surface area contributed by atoms with Crippen LogP contribution in [0.15, 0.2) is 0 Å². The summed E-state index contributed by atoms with van der Waals surface area (Å²) < 4.78 is 0. The highest BCUT2D eigenvalue weighted by Crippen LogP contribution is 2.39. The molecule has 0 radical (unpaired) electrons. The van der Waals surface area contributed by atoms with Crippen molar-refractivity contribution in [2.24, 2.45) is 11.7 Å². The number of aryl methyl sites for hydroxylation is 2. The molecule has 1 heterocycles. The van der Waals surface area contributed by atoms with Crippen LogP contribution in [0.3, 0.4) is 0 Å². The molecule has 2 nitrogen and oxygen atoms in total. The summed E-state index contributed by atoms with van der Waals surface area (Å²) in [6, 6.07) is 0. The molecule has 0 aliphatic heterocycles. The normalized spacial score (nSPS) is 29.2. The van der Waals surface area contributed by atoms with Gasteiger partial charge in [-0.15, -0.1) is 11.3 Å². The van der Waals surface area contributed by atoms with Gasteiger partial charge in [-0.05, 0) is 38.5 Å². The second-order valence-corrected chi connectivity index (χ2v) is 6.94. The van der Waals surface area contributed by atoms with Gasteiger partial charge >= 0.3 is 0 Å². The maximum absolute atomic E-state index is 6.68. The lowest BCUT2D eigenvalue weighted by atomic mass is 9.91. The third kappa shape index (κ3) is 2.77. The molecule has 0 saturated heterocycles. The van der Waals surface area contributed by atoms with Gasteiger partial charge in [0.25, 0.3) is 0 Å². The van der Waals surface area contributed by atoms with E-state index in [0.29, 0.717) is 0 Å². The predicted molar refractivity (Wildman–Crippen MR) is 79.0 cm³/mol. The maximum atomic E-state index is 6.68. The van der Waals surface area contributed by atoms with E-state index < -0.39 is 0 Å². The van der Waals surface area contributed by atoms with E-state index in [4.69, 9.17) is 10.7 Å². The van der Waals surface area contributed by atoms with Crippen molar-refractivity contribution in [1.82, 2.24) is 4.98 Å². The molecule has 1 aromatic rings. The van der Waals surface area contributed by atoms with Gasteiger partial charge in [0.05, 0.1) is 11.2 Å². The summed E-state index contributed by atoms with van der Waals surface area (Å²) >= 11 is 1.83. The lowest BCUT2D eigenvalue weighted by Crippen LogP contribution is -2.36. The molecule has 1 fully saturated rings. The van der Waals surface area contributed by atoms with Crippen molar-refractivity contribution in [2.75, 3.05) is 0 Å². The Hall–Kier alpha value is -0.410. The smallest absolute Gasteiger partial charge is 0.113 e. The molecule has 1 aliphatic carbocycles. The summed E-state index contributed by atoms with van der Waals surface area (Å²) in [6.45, 7) is 6.65. The van der Waals surface area contributed by atoms with Crippen molar-refractivity contribution in [3.05, 3.63) is 15.6 Å². The number of hydrogen-bond acceptors (Lipinski definition) is 3. The largest absolute Gasteiger partial charge is 0.319 e. The van der Waals surface area contributed by atoms with Crippen LogP contribution >= 0.6 is 11.3 Å². The lowest BCUT2D eigenvalue weighted by Gasteiger charge is -2.25. The summed E-state index contributed by atoms with van der Waals surface area (Å²) in [5.41, 5.74) is 7.78. The van der Waals surface area contributed by atoms with Gasteiger partial charge in [-0.3, -0.25) is 0 Å². The van der Waals surface area contributed by atoms with Crippen molar-refractivity contribution >= 4 is 11.3 Å². The fraction of sp³-hybridized carbons (Fsp3) is 0.800. The minimum atomic E-state index is -0.146. The van der Waals surface area contributed by atoms with Crippen LogP contribution in [-0.2, 0) is 12.0 Å². The van der Waals surface area contributed by atoms with Gasteiger partial charge in [0.2, 0.25) is 0 Å². The molecule has 2 N–H and O–H groups in total. The molecular weight excluding hydrogens is 240 g/mol. The molecule has 3 heteroatoms. The molecule has 2 unspecified atom stereocenters. The van der Waals surface area contributed by atoms with Crippen LogP contribution in [0.4, 0.5) is 0 Å². The zero-order chi connectivity index (χ0) is 13.2. The van der Waals surface area contributed by atoms with Gasteiger partial charge in [-0.1, -0.05) is 33.1 Å². The Labute approximate surface area is 115 Å². The van der Waals surface area contributed by atoms with E-state index in [0.717, 1.165) is 25.2 Å². The molecule has 2 rings (SSSR count). The molecule has 1 aliphatic rings. The molecule has 0 bridgehead atoms. The highest BCUT2D eigenvalue weighted by Gasteiger charge is 2.33. The Morgan fingerprint density at radius 1 is 1.33 bits per heavy atom. The first-order chi connectivity index (χ1) is 8.59. The third-order valence-electron chi connectivity index (χ3n) is 4.46. The summed E-state index contributed by atoms with van der Waals surface area (Å²) in [5, 5.41) is 1.19. The third-order valence-corrected chi connectivity index (χ3v) is 5.70. The van der Waals surface area contributed by atoms with Crippen LogP contribution in [0.1, 0.15) is 68.0 Å². The minimum Gasteiger partial charge on any atom is -0.319 e. The second-order valence-electron chi connectivity index (χ2n) is 5.74. The number of aromatic nitrogens is 1. The first kappa shape index (κ1) is 14.0. The first-order valence-electron chi connectivity index (χ1n) is 7.34. The Balaban J connectivity index is 2.19. The average molecular weight is 266 g/mol. The second kappa shape index (κ2) is 5.70. The van der Waals surface area contributed by atoms with Gasteiger partial charge in [0.15, 0.2) is 0 Å². The van der Waals surface area contributed by atoms with Gasteiger partial charge in [-0.2, -0.15) is 0 Å². The molecule has 0 aromatic carbocycles. The zero-order valence-electron chi connectivity index (χ0n) is 12.0. The van der Waals surface area contributed by atoms with E-state index in [1.54, 1.807) is 0 Å². The van der Waals surface area contributed by atoms with E-state index in [1.165, 1.54) is 41.3 Å². The molecule has 1 saturated carbocycles. The number of nitrogens with zero attached hydrogens (tertiary/aromatic N) is 1. The summed E-state index contributed by atoms with van der Waals surface area (Å²) in [7, 11) is 0. The molecule has 102 valence electrons. The fourth-order valence-electron chi connectivity index (χ4n) is 3.03. The Morgan fingerprint density at radius 3 is 2.72 bits per heavy atom. The quantitative estimate of drug-likeness (QED) is 0.834. The van der Waals surface area contributed by atoms with E-state index in [1.807, 2.05) is 11.3 Å². The zero-order valence-corrected chi connectivity index (χ0v) is 12.8. The molecule has 2 atom stereocenters. The van der Waals surface area contributed by atoms with Crippen LogP contribution in [0, 0.1) is 12.8 Å². The molecule has 18 heavy (non-hydrogen) atoms. The minimum absolute atomic E-state index is 0.146. The first-order valence-corrected chi connectivity index (χ1v) is 8.16. The molecule has 0 amide bonds. The van der Waals surface area contributed by atoms with Crippen LogP contribution in [0.25, 0.3) is 0 Å². The van der Waals surface area contributed by atoms with Crippen molar-refractivity contribution < 1.29 is 0 Å². The average Bonchev–Trinajstić information content (AvgIpc) is 2.64. The number of thiazole rings is 1. The van der Waals surface area contributed by atoms with E-state index in [9.17, 15) is 0 Å². The number of hydrogen-bond donors (Lipinski definition) is 1. The van der Waals surface area contributed by atoms with Gasteiger partial charge in [0, 0.05) is 4.88 Å². The number of nitrogens with two attached hydrogens (primary N) is 1. The SMILES string of the molecule is CCc1nc(C2(N)CCCC(CC)CC2)sc1C. The molecular formula is C15H26N2S. The summed E-state index contributed by atoms with van der Waals surface area (Å²) in [4.78, 5) is 6.16. The van der Waals surface area contributed by atoms with Crippen molar-refractivity contribution in [3.8, 4) is 0 Å². The fourth-order valence-corrected chi connectivity index (χ4v) is 4.19. The van der Waals surface area contributed by atoms with Crippen molar-refractivity contribution in [1.29, 1.82) is 0 Å². The highest BCUT2D eigenvalue weighted by molar-refractivity contribution is 7.11. The topological polar surface area (TPSA) is 38.9 Å². The van der Waals surface area contributed by atoms with Crippen LogP contribution in [-0.4, -0.2) is 4.98 Å². The van der Waals surface area contributed by atoms with Crippen molar-refractivity contribution in [2.45, 2.75) is 71.3 Å².